The fourth-order valence-electron chi connectivity index (χ4n) is 2.13. The van der Waals surface area contributed by atoms with Gasteiger partial charge in [0.1, 0.15) is 5.69 Å². The van der Waals surface area contributed by atoms with Gasteiger partial charge in [-0.3, -0.25) is 9.67 Å². The van der Waals surface area contributed by atoms with Gasteiger partial charge in [-0.25, -0.2) is 4.98 Å². The number of aromatic nitrogens is 4. The molecule has 20 heavy (non-hydrogen) atoms. The topological polar surface area (TPSA) is 64.9 Å². The van der Waals surface area contributed by atoms with Gasteiger partial charge in [0.25, 0.3) is 0 Å². The average Bonchev–Trinajstić information content (AvgIpc) is 2.80. The Morgan fingerprint density at radius 1 is 1.35 bits per heavy atom. The van der Waals surface area contributed by atoms with E-state index < -0.39 is 0 Å². The number of methoxy groups -OCH3 is 1. The molecule has 0 aliphatic rings. The zero-order valence-electron chi connectivity index (χ0n) is 12.4. The molecule has 2 aromatic heterocycles. The molecule has 0 aliphatic heterocycles. The molecule has 1 atom stereocenters. The number of rotatable bonds is 6. The smallest absolute Gasteiger partial charge is 0.237 e. The molecule has 0 saturated heterocycles. The summed E-state index contributed by atoms with van der Waals surface area (Å²) >= 11 is 0. The number of nitrogens with one attached hydrogen (secondary N) is 1. The molecule has 2 aromatic rings. The van der Waals surface area contributed by atoms with E-state index >= 15 is 0 Å². The SMILES string of the molecule is CCCNC(c1cnn(C)c1C)c1nccnc1OC. The zero-order chi connectivity index (χ0) is 14.5. The molecule has 0 fully saturated rings. The Kier molecular flexibility index (Phi) is 4.68. The molecule has 6 nitrogen and oxygen atoms in total. The molecule has 0 bridgehead atoms. The van der Waals surface area contributed by atoms with Crippen LogP contribution >= 0.6 is 0 Å². The molecule has 0 radical (unpaired) electrons. The van der Waals surface area contributed by atoms with Gasteiger partial charge in [-0.2, -0.15) is 5.10 Å². The van der Waals surface area contributed by atoms with Crippen LogP contribution < -0.4 is 10.1 Å². The minimum absolute atomic E-state index is 0.0627. The lowest BCUT2D eigenvalue weighted by atomic mass is 10.0. The second kappa shape index (κ2) is 6.47. The maximum absolute atomic E-state index is 5.33. The molecule has 1 unspecified atom stereocenters. The van der Waals surface area contributed by atoms with Crippen LogP contribution in [-0.2, 0) is 7.05 Å². The summed E-state index contributed by atoms with van der Waals surface area (Å²) in [5.74, 6) is 0.546. The summed E-state index contributed by atoms with van der Waals surface area (Å²) in [6.45, 7) is 5.07. The van der Waals surface area contributed by atoms with E-state index in [9.17, 15) is 0 Å². The minimum atomic E-state index is -0.0627. The third-order valence-corrected chi connectivity index (χ3v) is 3.34. The van der Waals surface area contributed by atoms with E-state index in [-0.39, 0.29) is 6.04 Å². The molecule has 0 aliphatic carbocycles. The highest BCUT2D eigenvalue weighted by Gasteiger charge is 2.23. The minimum Gasteiger partial charge on any atom is -0.480 e. The number of hydrogen-bond acceptors (Lipinski definition) is 5. The van der Waals surface area contributed by atoms with Gasteiger partial charge in [0.05, 0.1) is 19.3 Å². The van der Waals surface area contributed by atoms with E-state index in [1.165, 1.54) is 0 Å². The van der Waals surface area contributed by atoms with Gasteiger partial charge in [-0.05, 0) is 19.9 Å². The third kappa shape index (κ3) is 2.80. The number of hydrogen-bond donors (Lipinski definition) is 1. The van der Waals surface area contributed by atoms with Crippen molar-refractivity contribution in [3.05, 3.63) is 35.5 Å². The highest BCUT2D eigenvalue weighted by Crippen LogP contribution is 2.28. The Labute approximate surface area is 119 Å². The van der Waals surface area contributed by atoms with E-state index in [0.717, 1.165) is 29.9 Å². The molecule has 1 N–H and O–H groups in total. The van der Waals surface area contributed by atoms with Crippen molar-refractivity contribution in [3.63, 3.8) is 0 Å². The van der Waals surface area contributed by atoms with Crippen LogP contribution in [0.3, 0.4) is 0 Å². The van der Waals surface area contributed by atoms with Crippen molar-refractivity contribution in [2.24, 2.45) is 7.05 Å². The molecule has 2 rings (SSSR count). The standard InChI is InChI=1S/C14H21N5O/c1-5-6-15-12(11-9-18-19(3)10(11)2)13-14(20-4)17-8-7-16-13/h7-9,12,15H,5-6H2,1-4H3. The quantitative estimate of drug-likeness (QED) is 0.867. The third-order valence-electron chi connectivity index (χ3n) is 3.34. The van der Waals surface area contributed by atoms with Crippen LogP contribution in [0.2, 0.25) is 0 Å². The van der Waals surface area contributed by atoms with Crippen molar-refractivity contribution in [2.45, 2.75) is 26.3 Å². The lowest BCUT2D eigenvalue weighted by Gasteiger charge is -2.19. The molecule has 0 aromatic carbocycles. The maximum atomic E-state index is 5.33. The first-order chi connectivity index (χ1) is 9.69. The van der Waals surface area contributed by atoms with Gasteiger partial charge in [0.2, 0.25) is 5.88 Å². The molecule has 2 heterocycles. The van der Waals surface area contributed by atoms with Crippen LogP contribution in [0.15, 0.2) is 18.6 Å². The van der Waals surface area contributed by atoms with Crippen LogP contribution in [-0.4, -0.2) is 33.4 Å². The molecular formula is C14H21N5O. The van der Waals surface area contributed by atoms with E-state index in [4.69, 9.17) is 4.74 Å². The lowest BCUT2D eigenvalue weighted by molar-refractivity contribution is 0.382. The van der Waals surface area contributed by atoms with Crippen molar-refractivity contribution in [3.8, 4) is 5.88 Å². The molecule has 0 spiro atoms. The normalized spacial score (nSPS) is 12.4. The van der Waals surface area contributed by atoms with Crippen molar-refractivity contribution in [1.29, 1.82) is 0 Å². The van der Waals surface area contributed by atoms with Crippen molar-refractivity contribution < 1.29 is 4.74 Å². The summed E-state index contributed by atoms with van der Waals surface area (Å²) in [4.78, 5) is 8.68. The largest absolute Gasteiger partial charge is 0.480 e. The Morgan fingerprint density at radius 3 is 2.70 bits per heavy atom. The highest BCUT2D eigenvalue weighted by molar-refractivity contribution is 5.33. The van der Waals surface area contributed by atoms with E-state index in [1.807, 2.05) is 24.9 Å². The van der Waals surface area contributed by atoms with Crippen LogP contribution in [0, 0.1) is 6.92 Å². The maximum Gasteiger partial charge on any atom is 0.237 e. The van der Waals surface area contributed by atoms with E-state index in [1.54, 1.807) is 19.5 Å². The summed E-state index contributed by atoms with van der Waals surface area (Å²) < 4.78 is 7.19. The van der Waals surface area contributed by atoms with E-state index in [2.05, 4.69) is 27.3 Å². The Balaban J connectivity index is 2.44. The van der Waals surface area contributed by atoms with Crippen molar-refractivity contribution >= 4 is 0 Å². The number of nitrogens with zero attached hydrogens (tertiary/aromatic N) is 4. The van der Waals surface area contributed by atoms with Gasteiger partial charge in [0.15, 0.2) is 0 Å². The molecular weight excluding hydrogens is 254 g/mol. The summed E-state index contributed by atoms with van der Waals surface area (Å²) in [6.07, 6.45) is 6.23. The monoisotopic (exact) mass is 275 g/mol. The predicted molar refractivity (Wildman–Crippen MR) is 76.7 cm³/mol. The number of ether oxygens (including phenoxy) is 1. The predicted octanol–water partition coefficient (Wildman–Crippen LogP) is 1.62. The summed E-state index contributed by atoms with van der Waals surface area (Å²) in [5, 5.41) is 7.81. The van der Waals surface area contributed by atoms with Gasteiger partial charge >= 0.3 is 0 Å². The Hall–Kier alpha value is -1.95. The Morgan fingerprint density at radius 2 is 2.10 bits per heavy atom. The lowest BCUT2D eigenvalue weighted by Crippen LogP contribution is -2.25. The first-order valence-electron chi connectivity index (χ1n) is 6.75. The second-order valence-electron chi connectivity index (χ2n) is 4.65. The molecule has 108 valence electrons. The first kappa shape index (κ1) is 14.5. The highest BCUT2D eigenvalue weighted by atomic mass is 16.5. The van der Waals surface area contributed by atoms with Gasteiger partial charge < -0.3 is 10.1 Å². The summed E-state index contributed by atoms with van der Waals surface area (Å²) in [6, 6.07) is -0.0627. The van der Waals surface area contributed by atoms with Gasteiger partial charge in [-0.1, -0.05) is 6.92 Å². The Bertz CT molecular complexity index is 566. The molecule has 0 saturated carbocycles. The van der Waals surface area contributed by atoms with Crippen LogP contribution in [0.5, 0.6) is 5.88 Å². The van der Waals surface area contributed by atoms with Crippen LogP contribution in [0.1, 0.15) is 36.3 Å². The fraction of sp³-hybridized carbons (Fsp3) is 0.500. The average molecular weight is 275 g/mol. The first-order valence-corrected chi connectivity index (χ1v) is 6.75. The number of aryl methyl sites for hydroxylation is 1. The summed E-state index contributed by atoms with van der Waals surface area (Å²) in [5.41, 5.74) is 2.99. The second-order valence-corrected chi connectivity index (χ2v) is 4.65. The van der Waals surface area contributed by atoms with Gasteiger partial charge in [-0.15, -0.1) is 0 Å². The molecule has 0 amide bonds. The van der Waals surface area contributed by atoms with Crippen molar-refractivity contribution in [1.82, 2.24) is 25.1 Å². The summed E-state index contributed by atoms with van der Waals surface area (Å²) in [7, 11) is 3.55. The van der Waals surface area contributed by atoms with Crippen LogP contribution in [0.4, 0.5) is 0 Å². The van der Waals surface area contributed by atoms with Crippen LogP contribution in [0.25, 0.3) is 0 Å². The fourth-order valence-corrected chi connectivity index (χ4v) is 2.13. The van der Waals surface area contributed by atoms with Crippen molar-refractivity contribution in [2.75, 3.05) is 13.7 Å². The molecule has 6 heteroatoms. The van der Waals surface area contributed by atoms with Gasteiger partial charge in [0, 0.05) is 30.7 Å². The van der Waals surface area contributed by atoms with E-state index in [0.29, 0.717) is 5.88 Å². The zero-order valence-corrected chi connectivity index (χ0v) is 12.4.